The molecule has 1 aromatic heterocycles. The predicted octanol–water partition coefficient (Wildman–Crippen LogP) is 2.87. The number of Topliss-reactive ketones (excluding diaryl/α,β-unsaturated/α-hetero) is 1. The molecule has 1 fully saturated rings. The zero-order chi connectivity index (χ0) is 17.8. The number of aryl methyl sites for hydroxylation is 1. The number of anilines is 3. The number of hydrogen-bond donors (Lipinski definition) is 1. The van der Waals surface area contributed by atoms with Gasteiger partial charge in [-0.15, -0.1) is 0 Å². The third kappa shape index (κ3) is 4.33. The summed E-state index contributed by atoms with van der Waals surface area (Å²) in [5, 5.41) is 3.23. The number of hydrogen-bond acceptors (Lipinski definition) is 6. The Labute approximate surface area is 148 Å². The molecule has 3 rings (SSSR count). The molecule has 1 saturated heterocycles. The van der Waals surface area contributed by atoms with Gasteiger partial charge >= 0.3 is 0 Å². The van der Waals surface area contributed by atoms with E-state index < -0.39 is 0 Å². The lowest BCUT2D eigenvalue weighted by atomic mass is 10.1. The largest absolute Gasteiger partial charge is 0.354 e. The molecule has 0 saturated carbocycles. The van der Waals surface area contributed by atoms with Crippen molar-refractivity contribution < 1.29 is 4.79 Å². The van der Waals surface area contributed by atoms with Crippen LogP contribution in [0.4, 0.5) is 17.5 Å². The first-order valence-corrected chi connectivity index (χ1v) is 8.76. The highest BCUT2D eigenvalue weighted by molar-refractivity contribution is 5.95. The smallest absolute Gasteiger partial charge is 0.229 e. The fourth-order valence-electron chi connectivity index (χ4n) is 3.01. The van der Waals surface area contributed by atoms with Crippen LogP contribution < -0.4 is 10.2 Å². The number of ketones is 1. The Bertz CT molecular complexity index is 753. The van der Waals surface area contributed by atoms with Gasteiger partial charge in [-0.05, 0) is 32.5 Å². The fourth-order valence-corrected chi connectivity index (χ4v) is 3.01. The predicted molar refractivity (Wildman–Crippen MR) is 101 cm³/mol. The van der Waals surface area contributed by atoms with Crippen molar-refractivity contribution in [2.45, 2.75) is 20.8 Å². The van der Waals surface area contributed by atoms with E-state index in [-0.39, 0.29) is 5.78 Å². The van der Waals surface area contributed by atoms with Gasteiger partial charge in [-0.2, -0.15) is 4.98 Å². The number of nitrogens with one attached hydrogen (secondary N) is 1. The quantitative estimate of drug-likeness (QED) is 0.845. The molecular formula is C19H25N5O. The number of rotatable bonds is 5. The summed E-state index contributed by atoms with van der Waals surface area (Å²) in [6.45, 7) is 10.9. The Morgan fingerprint density at radius 3 is 2.60 bits per heavy atom. The maximum atomic E-state index is 11.5. The first-order chi connectivity index (χ1) is 12.0. The van der Waals surface area contributed by atoms with Gasteiger partial charge < -0.3 is 15.1 Å². The zero-order valence-corrected chi connectivity index (χ0v) is 15.1. The molecule has 6 heteroatoms. The van der Waals surface area contributed by atoms with Crippen LogP contribution in [0, 0.1) is 6.92 Å². The van der Waals surface area contributed by atoms with Gasteiger partial charge in [-0.3, -0.25) is 4.79 Å². The second kappa shape index (κ2) is 7.61. The molecule has 0 atom stereocenters. The average molecular weight is 339 g/mol. The summed E-state index contributed by atoms with van der Waals surface area (Å²) in [6.07, 6.45) is 0. The lowest BCUT2D eigenvalue weighted by Gasteiger charge is -2.34. The summed E-state index contributed by atoms with van der Waals surface area (Å²) in [4.78, 5) is 25.5. The molecule has 25 heavy (non-hydrogen) atoms. The summed E-state index contributed by atoms with van der Waals surface area (Å²) in [7, 11) is 0. The van der Waals surface area contributed by atoms with E-state index >= 15 is 0 Å². The summed E-state index contributed by atoms with van der Waals surface area (Å²) >= 11 is 0. The molecule has 2 heterocycles. The third-order valence-corrected chi connectivity index (χ3v) is 4.51. The summed E-state index contributed by atoms with van der Waals surface area (Å²) in [5.41, 5.74) is 2.42. The number of benzene rings is 1. The molecule has 0 spiro atoms. The maximum absolute atomic E-state index is 11.5. The van der Waals surface area contributed by atoms with Crippen LogP contribution in [0.25, 0.3) is 0 Å². The lowest BCUT2D eigenvalue weighted by molar-refractivity contribution is 0.101. The van der Waals surface area contributed by atoms with E-state index in [0.29, 0.717) is 11.5 Å². The van der Waals surface area contributed by atoms with E-state index in [2.05, 4.69) is 32.0 Å². The van der Waals surface area contributed by atoms with Crippen molar-refractivity contribution >= 4 is 23.2 Å². The Morgan fingerprint density at radius 2 is 1.92 bits per heavy atom. The van der Waals surface area contributed by atoms with E-state index in [1.165, 1.54) is 0 Å². The van der Waals surface area contributed by atoms with Gasteiger partial charge in [0.2, 0.25) is 5.95 Å². The normalized spacial score (nSPS) is 15.2. The van der Waals surface area contributed by atoms with Gasteiger partial charge in [0.05, 0.1) is 0 Å². The van der Waals surface area contributed by atoms with Crippen molar-refractivity contribution in [1.82, 2.24) is 14.9 Å². The molecule has 6 nitrogen and oxygen atoms in total. The Kier molecular flexibility index (Phi) is 5.28. The minimum absolute atomic E-state index is 0.0447. The van der Waals surface area contributed by atoms with Crippen molar-refractivity contribution in [3.63, 3.8) is 0 Å². The number of likely N-dealkylation sites (N-methyl/N-ethyl adjacent to an activating group) is 1. The highest BCUT2D eigenvalue weighted by Gasteiger charge is 2.18. The summed E-state index contributed by atoms with van der Waals surface area (Å²) < 4.78 is 0. The van der Waals surface area contributed by atoms with Crippen LogP contribution in [0.3, 0.4) is 0 Å². The number of carbonyl (C=O) groups is 1. The first kappa shape index (κ1) is 17.4. The molecular weight excluding hydrogens is 314 g/mol. The molecule has 1 aromatic carbocycles. The van der Waals surface area contributed by atoms with Gasteiger partial charge in [0.1, 0.15) is 5.82 Å². The van der Waals surface area contributed by atoms with E-state index in [4.69, 9.17) is 0 Å². The molecule has 2 aromatic rings. The van der Waals surface area contributed by atoms with E-state index in [1.807, 2.05) is 37.3 Å². The monoisotopic (exact) mass is 339 g/mol. The minimum Gasteiger partial charge on any atom is -0.354 e. The van der Waals surface area contributed by atoms with Crippen LogP contribution in [0.5, 0.6) is 0 Å². The Balaban J connectivity index is 1.78. The van der Waals surface area contributed by atoms with Gasteiger partial charge in [0.25, 0.3) is 0 Å². The molecule has 1 aliphatic heterocycles. The van der Waals surface area contributed by atoms with Gasteiger partial charge in [0.15, 0.2) is 5.78 Å². The number of nitrogens with zero attached hydrogens (tertiary/aromatic N) is 4. The fraction of sp³-hybridized carbons (Fsp3) is 0.421. The van der Waals surface area contributed by atoms with Crippen molar-refractivity contribution in [3.8, 4) is 0 Å². The van der Waals surface area contributed by atoms with Crippen molar-refractivity contribution in [2.75, 3.05) is 42.9 Å². The summed E-state index contributed by atoms with van der Waals surface area (Å²) in [6, 6.07) is 9.44. The SMILES string of the molecule is CCN1CCN(c2cc(C)nc(Nc3cccc(C(C)=O)c3)n2)CC1. The zero-order valence-electron chi connectivity index (χ0n) is 15.1. The highest BCUT2D eigenvalue weighted by atomic mass is 16.1. The minimum atomic E-state index is 0.0447. The van der Waals surface area contributed by atoms with Crippen molar-refractivity contribution in [3.05, 3.63) is 41.6 Å². The molecule has 132 valence electrons. The third-order valence-electron chi connectivity index (χ3n) is 4.51. The molecule has 0 bridgehead atoms. The lowest BCUT2D eigenvalue weighted by Crippen LogP contribution is -2.46. The van der Waals surface area contributed by atoms with Gasteiger partial charge in [-0.1, -0.05) is 19.1 Å². The molecule has 0 radical (unpaired) electrons. The molecule has 1 N–H and O–H groups in total. The van der Waals surface area contributed by atoms with Gasteiger partial charge in [-0.25, -0.2) is 4.98 Å². The molecule has 0 amide bonds. The van der Waals surface area contributed by atoms with Gasteiger partial charge in [0, 0.05) is 49.2 Å². The van der Waals surface area contributed by atoms with Crippen LogP contribution in [-0.2, 0) is 0 Å². The topological polar surface area (TPSA) is 61.4 Å². The first-order valence-electron chi connectivity index (χ1n) is 8.76. The van der Waals surface area contributed by atoms with Crippen molar-refractivity contribution in [2.24, 2.45) is 0 Å². The number of piperazine rings is 1. The van der Waals surface area contributed by atoms with Crippen LogP contribution in [0.2, 0.25) is 0 Å². The highest BCUT2D eigenvalue weighted by Crippen LogP contribution is 2.20. The second-order valence-electron chi connectivity index (χ2n) is 6.37. The van der Waals surface area contributed by atoms with Crippen LogP contribution >= 0.6 is 0 Å². The second-order valence-corrected chi connectivity index (χ2v) is 6.37. The van der Waals surface area contributed by atoms with E-state index in [1.54, 1.807) is 6.92 Å². The maximum Gasteiger partial charge on any atom is 0.229 e. The molecule has 0 aliphatic carbocycles. The van der Waals surface area contributed by atoms with Crippen LogP contribution in [0.1, 0.15) is 29.9 Å². The Hall–Kier alpha value is -2.47. The Morgan fingerprint density at radius 1 is 1.16 bits per heavy atom. The van der Waals surface area contributed by atoms with E-state index in [9.17, 15) is 4.79 Å². The van der Waals surface area contributed by atoms with Crippen molar-refractivity contribution in [1.29, 1.82) is 0 Å². The molecule has 1 aliphatic rings. The number of carbonyl (C=O) groups excluding carboxylic acids is 1. The van der Waals surface area contributed by atoms with E-state index in [0.717, 1.165) is 49.9 Å². The number of aromatic nitrogens is 2. The van der Waals surface area contributed by atoms with Crippen LogP contribution in [0.15, 0.2) is 30.3 Å². The average Bonchev–Trinajstić information content (AvgIpc) is 2.61. The molecule has 0 unspecified atom stereocenters. The standard InChI is InChI=1S/C19H25N5O/c1-4-23-8-10-24(11-9-23)18-12-14(2)20-19(22-18)21-17-7-5-6-16(13-17)15(3)25/h5-7,12-13H,4,8-11H2,1-3H3,(H,20,21,22). The van der Waals surface area contributed by atoms with Crippen LogP contribution in [-0.4, -0.2) is 53.4 Å². The summed E-state index contributed by atoms with van der Waals surface area (Å²) in [5.74, 6) is 1.56.